The Kier molecular flexibility index (Phi) is 6.64. The number of hydrogen-bond acceptors (Lipinski definition) is 6. The normalized spacial score (nSPS) is 13.6. The van der Waals surface area contributed by atoms with Crippen molar-refractivity contribution in [2.75, 3.05) is 12.3 Å². The van der Waals surface area contributed by atoms with Crippen LogP contribution in [0.25, 0.3) is 0 Å². The molecule has 0 aromatic carbocycles. The summed E-state index contributed by atoms with van der Waals surface area (Å²) in [6.07, 6.45) is 2.83. The van der Waals surface area contributed by atoms with Gasteiger partial charge in [-0.15, -0.1) is 0 Å². The largest absolute Gasteiger partial charge is 0.396 e. The van der Waals surface area contributed by atoms with Gasteiger partial charge in [-0.3, -0.25) is 4.79 Å². The molecule has 0 radical (unpaired) electrons. The average Bonchev–Trinajstić information content (AvgIpc) is 2.43. The molecule has 1 amide bonds. The van der Waals surface area contributed by atoms with Crippen LogP contribution in [0.2, 0.25) is 0 Å². The van der Waals surface area contributed by atoms with E-state index in [1.165, 1.54) is 4.90 Å². The molecule has 1 rings (SSSR count). The first kappa shape index (κ1) is 17.5. The van der Waals surface area contributed by atoms with Crippen molar-refractivity contribution >= 4 is 24.9 Å². The number of hydrogen-bond donors (Lipinski definition) is 3. The van der Waals surface area contributed by atoms with Crippen molar-refractivity contribution in [3.8, 4) is 0 Å². The van der Waals surface area contributed by atoms with Crippen LogP contribution in [0.3, 0.4) is 0 Å². The van der Waals surface area contributed by atoms with E-state index in [-0.39, 0.29) is 18.4 Å². The summed E-state index contributed by atoms with van der Waals surface area (Å²) in [5.41, 5.74) is 8.22. The van der Waals surface area contributed by atoms with Gasteiger partial charge in [-0.2, -0.15) is 12.6 Å². The highest BCUT2D eigenvalue weighted by atomic mass is 32.1. The smallest absolute Gasteiger partial charge is 0.214 e. The molecule has 1 aromatic rings. The highest BCUT2D eigenvalue weighted by molar-refractivity contribution is 7.81. The minimum atomic E-state index is -0.0498. The fourth-order valence-electron chi connectivity index (χ4n) is 2.05. The molecule has 0 aliphatic carbocycles. The zero-order chi connectivity index (χ0) is 16.0. The van der Waals surface area contributed by atoms with Crippen molar-refractivity contribution in [3.05, 3.63) is 28.9 Å². The van der Waals surface area contributed by atoms with Crippen molar-refractivity contribution in [1.82, 2.24) is 14.9 Å². The number of thiol groups is 1. The molecule has 0 spiro atoms. The van der Waals surface area contributed by atoms with E-state index in [4.69, 9.17) is 10.8 Å². The SMILES string of the molecule is C/C(=C(\CCO)C(C)S)N(C=O)Cc1cnc(C)nc1N. The van der Waals surface area contributed by atoms with Crippen molar-refractivity contribution in [1.29, 1.82) is 0 Å². The van der Waals surface area contributed by atoms with E-state index >= 15 is 0 Å². The van der Waals surface area contributed by atoms with Gasteiger partial charge in [-0.25, -0.2) is 9.97 Å². The maximum absolute atomic E-state index is 11.4. The second kappa shape index (κ2) is 7.99. The Morgan fingerprint density at radius 2 is 2.29 bits per heavy atom. The lowest BCUT2D eigenvalue weighted by molar-refractivity contribution is -0.117. The molecule has 1 unspecified atom stereocenters. The number of rotatable bonds is 7. The summed E-state index contributed by atoms with van der Waals surface area (Å²) < 4.78 is 0. The van der Waals surface area contributed by atoms with Gasteiger partial charge in [0.15, 0.2) is 0 Å². The molecule has 1 heterocycles. The van der Waals surface area contributed by atoms with Crippen LogP contribution in [0.4, 0.5) is 5.82 Å². The quantitative estimate of drug-likeness (QED) is 0.521. The van der Waals surface area contributed by atoms with E-state index in [0.717, 1.165) is 17.7 Å². The van der Waals surface area contributed by atoms with Crippen molar-refractivity contribution in [2.24, 2.45) is 0 Å². The van der Waals surface area contributed by atoms with Crippen LogP contribution in [0, 0.1) is 6.92 Å². The third-order valence-corrected chi connectivity index (χ3v) is 3.58. The molecule has 1 aromatic heterocycles. The van der Waals surface area contributed by atoms with Crippen LogP contribution in [-0.4, -0.2) is 38.2 Å². The van der Waals surface area contributed by atoms with Gasteiger partial charge in [0.25, 0.3) is 0 Å². The Hall–Kier alpha value is -1.60. The van der Waals surface area contributed by atoms with Crippen molar-refractivity contribution in [3.63, 3.8) is 0 Å². The van der Waals surface area contributed by atoms with Crippen LogP contribution in [0.15, 0.2) is 17.5 Å². The van der Waals surface area contributed by atoms with Crippen molar-refractivity contribution in [2.45, 2.75) is 39.0 Å². The minimum Gasteiger partial charge on any atom is -0.396 e. The molecule has 6 nitrogen and oxygen atoms in total. The van der Waals surface area contributed by atoms with Gasteiger partial charge in [0.05, 0.1) is 6.54 Å². The van der Waals surface area contributed by atoms with Crippen LogP contribution >= 0.6 is 12.6 Å². The van der Waals surface area contributed by atoms with Gasteiger partial charge in [-0.1, -0.05) is 0 Å². The molecule has 0 aliphatic heterocycles. The first-order valence-electron chi connectivity index (χ1n) is 6.69. The second-order valence-corrected chi connectivity index (χ2v) is 5.60. The number of nitrogens with two attached hydrogens (primary N) is 1. The molecule has 0 aliphatic rings. The molecule has 0 saturated carbocycles. The minimum absolute atomic E-state index is 0.0139. The highest BCUT2D eigenvalue weighted by Crippen LogP contribution is 2.22. The van der Waals surface area contributed by atoms with Crippen LogP contribution in [0.1, 0.15) is 31.7 Å². The molecule has 3 N–H and O–H groups in total. The summed E-state index contributed by atoms with van der Waals surface area (Å²) >= 11 is 4.40. The molecule has 1 atom stereocenters. The third kappa shape index (κ3) is 4.71. The molecule has 0 fully saturated rings. The van der Waals surface area contributed by atoms with Gasteiger partial charge in [0, 0.05) is 29.3 Å². The monoisotopic (exact) mass is 310 g/mol. The van der Waals surface area contributed by atoms with Crippen molar-refractivity contribution < 1.29 is 9.90 Å². The average molecular weight is 310 g/mol. The maximum atomic E-state index is 11.4. The van der Waals surface area contributed by atoms with E-state index < -0.39 is 0 Å². The van der Waals surface area contributed by atoms with E-state index in [1.54, 1.807) is 13.1 Å². The number of carbonyl (C=O) groups is 1. The standard InChI is InChI=1S/C14H22N4O2S/c1-9(13(4-5-19)10(2)21)18(8-20)7-12-6-16-11(3)17-14(12)15/h6,8,10,19,21H,4-5,7H2,1-3H3,(H2,15,16,17)/b13-9-. The second-order valence-electron chi connectivity index (χ2n) is 4.82. The van der Waals surface area contributed by atoms with E-state index in [0.29, 0.717) is 23.6 Å². The number of anilines is 1. The first-order valence-corrected chi connectivity index (χ1v) is 7.20. The Bertz CT molecular complexity index is 532. The Morgan fingerprint density at radius 1 is 1.62 bits per heavy atom. The highest BCUT2D eigenvalue weighted by Gasteiger charge is 2.15. The number of aromatic nitrogens is 2. The number of aryl methyl sites for hydroxylation is 1. The van der Waals surface area contributed by atoms with E-state index in [2.05, 4.69) is 22.6 Å². The van der Waals surface area contributed by atoms with Gasteiger partial charge in [0.1, 0.15) is 11.6 Å². The number of amides is 1. The van der Waals surface area contributed by atoms with Gasteiger partial charge < -0.3 is 15.7 Å². The molecule has 7 heteroatoms. The predicted octanol–water partition coefficient (Wildman–Crippen LogP) is 1.30. The fourth-order valence-corrected chi connectivity index (χ4v) is 2.37. The van der Waals surface area contributed by atoms with E-state index in [9.17, 15) is 4.79 Å². The molecule has 116 valence electrons. The van der Waals surface area contributed by atoms with Crippen LogP contribution < -0.4 is 5.73 Å². The predicted molar refractivity (Wildman–Crippen MR) is 85.6 cm³/mol. The topological polar surface area (TPSA) is 92.3 Å². The number of aliphatic hydroxyl groups is 1. The lowest BCUT2D eigenvalue weighted by Crippen LogP contribution is -2.23. The summed E-state index contributed by atoms with van der Waals surface area (Å²) in [6, 6.07) is 0. The fraction of sp³-hybridized carbons (Fsp3) is 0.500. The Balaban J connectivity index is 3.06. The zero-order valence-electron chi connectivity index (χ0n) is 12.6. The van der Waals surface area contributed by atoms with E-state index in [1.807, 2.05) is 13.8 Å². The molecule has 21 heavy (non-hydrogen) atoms. The van der Waals surface area contributed by atoms with Crippen LogP contribution in [-0.2, 0) is 11.3 Å². The zero-order valence-corrected chi connectivity index (χ0v) is 13.5. The number of nitrogen functional groups attached to an aromatic ring is 1. The number of allylic oxidation sites excluding steroid dienone is 1. The number of carbonyl (C=O) groups excluding carboxylic acids is 1. The Labute approximate surface area is 130 Å². The number of nitrogens with zero attached hydrogens (tertiary/aromatic N) is 3. The Morgan fingerprint density at radius 3 is 2.76 bits per heavy atom. The van der Waals surface area contributed by atoms with Gasteiger partial charge >= 0.3 is 0 Å². The lowest BCUT2D eigenvalue weighted by atomic mass is 10.1. The van der Waals surface area contributed by atoms with Crippen LogP contribution in [0.5, 0.6) is 0 Å². The summed E-state index contributed by atoms with van der Waals surface area (Å²) in [5, 5.41) is 9.09. The lowest BCUT2D eigenvalue weighted by Gasteiger charge is -2.24. The van der Waals surface area contributed by atoms with Gasteiger partial charge in [-0.05, 0) is 32.8 Å². The molecule has 0 saturated heterocycles. The first-order chi connectivity index (χ1) is 9.90. The summed E-state index contributed by atoms with van der Waals surface area (Å²) in [6.45, 7) is 5.79. The third-order valence-electron chi connectivity index (χ3n) is 3.27. The molecular formula is C14H22N4O2S. The molecular weight excluding hydrogens is 288 g/mol. The molecule has 0 bridgehead atoms. The summed E-state index contributed by atoms with van der Waals surface area (Å²) in [4.78, 5) is 21.1. The maximum Gasteiger partial charge on any atom is 0.214 e. The van der Waals surface area contributed by atoms with Gasteiger partial charge in [0.2, 0.25) is 6.41 Å². The number of aliphatic hydroxyl groups excluding tert-OH is 1. The summed E-state index contributed by atoms with van der Waals surface area (Å²) in [5.74, 6) is 0.955. The summed E-state index contributed by atoms with van der Waals surface area (Å²) in [7, 11) is 0.